The van der Waals surface area contributed by atoms with E-state index in [1.807, 2.05) is 0 Å². The number of carbonyl (C=O) groups excluding carboxylic acids is 4. The molecule has 0 aliphatic rings. The molecule has 19 heteroatoms. The fourth-order valence-electron chi connectivity index (χ4n) is 8.47. The van der Waals surface area contributed by atoms with Gasteiger partial charge >= 0.3 is 39.5 Å². The van der Waals surface area contributed by atoms with Crippen molar-refractivity contribution in [1.29, 1.82) is 0 Å². The molecular formula is C58H112O17P2. The van der Waals surface area contributed by atoms with E-state index in [-0.39, 0.29) is 25.7 Å². The Morgan fingerprint density at radius 1 is 0.351 bits per heavy atom. The van der Waals surface area contributed by atoms with E-state index in [0.29, 0.717) is 31.6 Å². The molecule has 0 spiro atoms. The molecule has 0 fully saturated rings. The van der Waals surface area contributed by atoms with Gasteiger partial charge in [-0.1, -0.05) is 228 Å². The van der Waals surface area contributed by atoms with Gasteiger partial charge in [-0.2, -0.15) is 0 Å². The molecular weight excluding hydrogens is 1030 g/mol. The molecule has 3 N–H and O–H groups in total. The monoisotopic (exact) mass is 1140 g/mol. The molecule has 0 aromatic heterocycles. The van der Waals surface area contributed by atoms with E-state index < -0.39 is 97.5 Å². The van der Waals surface area contributed by atoms with Crippen LogP contribution < -0.4 is 0 Å². The number of hydrogen-bond acceptors (Lipinski definition) is 15. The number of hydrogen-bond donors (Lipinski definition) is 3. The van der Waals surface area contributed by atoms with Gasteiger partial charge in [-0.15, -0.1) is 0 Å². The quantitative estimate of drug-likeness (QED) is 0.0222. The lowest BCUT2D eigenvalue weighted by atomic mass is 10.0. The van der Waals surface area contributed by atoms with Crippen LogP contribution in [-0.2, 0) is 65.4 Å². The Morgan fingerprint density at radius 3 is 0.883 bits per heavy atom. The smallest absolute Gasteiger partial charge is 0.462 e. The molecule has 0 aromatic rings. The number of carbonyl (C=O) groups is 4. The first-order chi connectivity index (χ1) is 36.9. The molecule has 0 amide bonds. The van der Waals surface area contributed by atoms with Crippen LogP contribution in [0, 0.1) is 11.8 Å². The van der Waals surface area contributed by atoms with Gasteiger partial charge in [0.2, 0.25) is 0 Å². The van der Waals surface area contributed by atoms with Crippen LogP contribution in [-0.4, -0.2) is 96.7 Å². The van der Waals surface area contributed by atoms with Crippen LogP contribution >= 0.6 is 15.6 Å². The number of rotatable bonds is 57. The fourth-order valence-corrected chi connectivity index (χ4v) is 10.0. The van der Waals surface area contributed by atoms with Crippen molar-refractivity contribution in [2.75, 3.05) is 39.6 Å². The van der Waals surface area contributed by atoms with Crippen molar-refractivity contribution >= 4 is 39.5 Å². The zero-order valence-corrected chi connectivity index (χ0v) is 51.0. The van der Waals surface area contributed by atoms with Gasteiger partial charge in [-0.3, -0.25) is 37.3 Å². The minimum Gasteiger partial charge on any atom is -0.462 e. The summed E-state index contributed by atoms with van der Waals surface area (Å²) in [6.07, 6.45) is 31.0. The lowest BCUT2D eigenvalue weighted by Crippen LogP contribution is -2.30. The average molecular weight is 1140 g/mol. The predicted molar refractivity (Wildman–Crippen MR) is 303 cm³/mol. The summed E-state index contributed by atoms with van der Waals surface area (Å²) >= 11 is 0. The topological polar surface area (TPSA) is 237 Å². The third-order valence-corrected chi connectivity index (χ3v) is 15.1. The second-order valence-corrected chi connectivity index (χ2v) is 24.9. The van der Waals surface area contributed by atoms with E-state index in [2.05, 4.69) is 41.5 Å². The minimum absolute atomic E-state index is 0.104. The van der Waals surface area contributed by atoms with Gasteiger partial charge < -0.3 is 33.8 Å². The number of phosphoric ester groups is 2. The Kier molecular flexibility index (Phi) is 49.7. The van der Waals surface area contributed by atoms with E-state index >= 15 is 0 Å². The highest BCUT2D eigenvalue weighted by Crippen LogP contribution is 2.45. The van der Waals surface area contributed by atoms with Crippen molar-refractivity contribution < 1.29 is 80.2 Å². The number of phosphoric acid groups is 2. The maximum Gasteiger partial charge on any atom is 0.472 e. The normalized spacial score (nSPS) is 14.5. The van der Waals surface area contributed by atoms with Gasteiger partial charge in [0.05, 0.1) is 26.4 Å². The molecule has 0 aliphatic carbocycles. The van der Waals surface area contributed by atoms with Crippen LogP contribution in [0.2, 0.25) is 0 Å². The summed E-state index contributed by atoms with van der Waals surface area (Å²) in [6, 6.07) is 0. The van der Waals surface area contributed by atoms with E-state index in [4.69, 9.17) is 37.0 Å². The summed E-state index contributed by atoms with van der Waals surface area (Å²) in [5, 5.41) is 10.5. The van der Waals surface area contributed by atoms with E-state index in [0.717, 1.165) is 121 Å². The van der Waals surface area contributed by atoms with Gasteiger partial charge in [-0.25, -0.2) is 9.13 Å². The number of ether oxygens (including phenoxy) is 4. The van der Waals surface area contributed by atoms with Crippen LogP contribution in [0.25, 0.3) is 0 Å². The Morgan fingerprint density at radius 2 is 0.597 bits per heavy atom. The Balaban J connectivity index is 5.21. The lowest BCUT2D eigenvalue weighted by molar-refractivity contribution is -0.161. The molecule has 0 bridgehead atoms. The molecule has 0 aliphatic heterocycles. The molecule has 0 saturated carbocycles. The summed E-state index contributed by atoms with van der Waals surface area (Å²) in [6.45, 7) is 9.29. The van der Waals surface area contributed by atoms with Gasteiger partial charge in [-0.05, 0) is 37.5 Å². The summed E-state index contributed by atoms with van der Waals surface area (Å²) in [7, 11) is -9.87. The zero-order chi connectivity index (χ0) is 57.3. The van der Waals surface area contributed by atoms with Gasteiger partial charge in [0.15, 0.2) is 12.2 Å². The minimum atomic E-state index is -4.94. The average Bonchev–Trinajstić information content (AvgIpc) is 3.38. The molecule has 17 nitrogen and oxygen atoms in total. The maximum atomic E-state index is 12.9. The predicted octanol–water partition coefficient (Wildman–Crippen LogP) is 15.3. The van der Waals surface area contributed by atoms with Gasteiger partial charge in [0, 0.05) is 25.7 Å². The van der Waals surface area contributed by atoms with Gasteiger partial charge in [0.1, 0.15) is 19.3 Å². The van der Waals surface area contributed by atoms with Crippen molar-refractivity contribution in [2.24, 2.45) is 11.8 Å². The highest BCUT2D eigenvalue weighted by molar-refractivity contribution is 7.47. The third kappa shape index (κ3) is 53.2. The zero-order valence-electron chi connectivity index (χ0n) is 49.2. The highest BCUT2D eigenvalue weighted by Gasteiger charge is 2.30. The molecule has 5 atom stereocenters. The second-order valence-electron chi connectivity index (χ2n) is 22.0. The van der Waals surface area contributed by atoms with Crippen LogP contribution in [0.1, 0.15) is 279 Å². The summed E-state index contributed by atoms with van der Waals surface area (Å²) in [4.78, 5) is 71.7. The number of unbranched alkanes of at least 4 members (excludes halogenated alkanes) is 27. The van der Waals surface area contributed by atoms with Crippen LogP contribution in [0.3, 0.4) is 0 Å². The summed E-state index contributed by atoms with van der Waals surface area (Å²) in [5.74, 6) is -0.709. The van der Waals surface area contributed by atoms with Crippen molar-refractivity contribution in [3.8, 4) is 0 Å². The second kappa shape index (κ2) is 51.0. The van der Waals surface area contributed by atoms with E-state index in [1.54, 1.807) is 0 Å². The standard InChI is InChI=1S/C58H112O17P2/c1-7-9-11-13-15-23-30-36-42-57(62)74-53(46-68-55(60)40-34-28-20-14-12-10-8-2)48-72-76(64,65)70-44-52(59)45-71-77(66,67)73-49-54(47-69-56(61)41-35-29-25-19-22-27-33-39-51(5)6)75-58(63)43-37-31-24-18-16-17-21-26-32-38-50(3)4/h50-54,59H,7-49H2,1-6H3,(H,64,65)(H,66,67)/t52-,53+,54+/m0/s1. The fraction of sp³-hybridized carbons (Fsp3) is 0.931. The number of aliphatic hydroxyl groups is 1. The lowest BCUT2D eigenvalue weighted by Gasteiger charge is -2.21. The van der Waals surface area contributed by atoms with Crippen molar-refractivity contribution in [2.45, 2.75) is 297 Å². The molecule has 0 rings (SSSR count). The van der Waals surface area contributed by atoms with Crippen molar-refractivity contribution in [1.82, 2.24) is 0 Å². The van der Waals surface area contributed by atoms with Crippen LogP contribution in [0.4, 0.5) is 0 Å². The molecule has 456 valence electrons. The third-order valence-electron chi connectivity index (χ3n) is 13.2. The maximum absolute atomic E-state index is 12.9. The molecule has 0 heterocycles. The first-order valence-electron chi connectivity index (χ1n) is 30.5. The number of esters is 4. The largest absolute Gasteiger partial charge is 0.472 e. The summed E-state index contributed by atoms with van der Waals surface area (Å²) < 4.78 is 67.6. The van der Waals surface area contributed by atoms with Gasteiger partial charge in [0.25, 0.3) is 0 Å². The first-order valence-corrected chi connectivity index (χ1v) is 33.5. The van der Waals surface area contributed by atoms with E-state index in [1.165, 1.54) is 70.6 Å². The van der Waals surface area contributed by atoms with Crippen LogP contribution in [0.15, 0.2) is 0 Å². The Bertz CT molecular complexity index is 1530. The summed E-state index contributed by atoms with van der Waals surface area (Å²) in [5.41, 5.74) is 0. The highest BCUT2D eigenvalue weighted by atomic mass is 31.2. The Labute approximate surface area is 467 Å². The first kappa shape index (κ1) is 75.1. The number of aliphatic hydroxyl groups excluding tert-OH is 1. The molecule has 0 saturated heterocycles. The molecule has 2 unspecified atom stereocenters. The molecule has 0 radical (unpaired) electrons. The molecule has 77 heavy (non-hydrogen) atoms. The van der Waals surface area contributed by atoms with E-state index in [9.17, 15) is 43.2 Å². The van der Waals surface area contributed by atoms with Crippen molar-refractivity contribution in [3.63, 3.8) is 0 Å². The molecule has 0 aromatic carbocycles. The SMILES string of the molecule is CCCCCCCCCCC(=O)O[C@H](COC(=O)CCCCCCCCC)COP(=O)(O)OC[C@H](O)COP(=O)(O)OC[C@@H](COC(=O)CCCCCCCCCC(C)C)OC(=O)CCCCCCCCCCCC(C)C. The Hall–Kier alpha value is -1.94. The van der Waals surface area contributed by atoms with Crippen molar-refractivity contribution in [3.05, 3.63) is 0 Å². The van der Waals surface area contributed by atoms with Crippen LogP contribution in [0.5, 0.6) is 0 Å².